The molecule has 0 atom stereocenters. The van der Waals surface area contributed by atoms with Gasteiger partial charge in [0.25, 0.3) is 5.91 Å². The van der Waals surface area contributed by atoms with E-state index in [0.717, 1.165) is 29.8 Å². The van der Waals surface area contributed by atoms with Gasteiger partial charge in [0, 0.05) is 13.0 Å². The summed E-state index contributed by atoms with van der Waals surface area (Å²) in [5.74, 6) is -0.882. The maximum atomic E-state index is 12.0. The van der Waals surface area contributed by atoms with Gasteiger partial charge in [-0.3, -0.25) is 4.79 Å². The molecule has 3 rings (SSSR count). The summed E-state index contributed by atoms with van der Waals surface area (Å²) < 4.78 is 1.77. The summed E-state index contributed by atoms with van der Waals surface area (Å²) in [7, 11) is 0. The number of carbonyl (C=O) groups excluding carboxylic acids is 1. The highest BCUT2D eigenvalue weighted by Gasteiger charge is 2.20. The number of amides is 1. The minimum Gasteiger partial charge on any atom is -0.478 e. The Hall–Kier alpha value is -3.45. The molecule has 1 heterocycles. The number of aromatic nitrogens is 2. The van der Waals surface area contributed by atoms with Crippen LogP contribution in [0, 0.1) is 0 Å². The molecule has 0 radical (unpaired) electrons. The number of nitrogens with zero attached hydrogens (tertiary/aromatic N) is 2. The van der Waals surface area contributed by atoms with Crippen molar-refractivity contribution in [1.82, 2.24) is 9.55 Å². The summed E-state index contributed by atoms with van der Waals surface area (Å²) in [4.78, 5) is 27.9. The second kappa shape index (κ2) is 9.37. The predicted molar refractivity (Wildman–Crippen MR) is 113 cm³/mol. The predicted octanol–water partition coefficient (Wildman–Crippen LogP) is 3.23. The maximum absolute atomic E-state index is 12.0. The highest BCUT2D eigenvalue weighted by atomic mass is 16.4. The molecule has 156 valence electrons. The van der Waals surface area contributed by atoms with Gasteiger partial charge in [-0.1, -0.05) is 55.8 Å². The van der Waals surface area contributed by atoms with E-state index < -0.39 is 11.9 Å². The van der Waals surface area contributed by atoms with Crippen LogP contribution in [-0.2, 0) is 19.6 Å². The van der Waals surface area contributed by atoms with Gasteiger partial charge in [0.15, 0.2) is 0 Å². The first-order valence-corrected chi connectivity index (χ1v) is 9.86. The summed E-state index contributed by atoms with van der Waals surface area (Å²) >= 11 is 0. The van der Waals surface area contributed by atoms with Crippen LogP contribution in [0.2, 0.25) is 0 Å². The van der Waals surface area contributed by atoms with Gasteiger partial charge in [0.1, 0.15) is 11.5 Å². The molecule has 0 spiro atoms. The lowest BCUT2D eigenvalue weighted by Crippen LogP contribution is -2.20. The minimum absolute atomic E-state index is 0.226. The zero-order valence-electron chi connectivity index (χ0n) is 16.8. The van der Waals surface area contributed by atoms with Gasteiger partial charge in [-0.15, -0.1) is 0 Å². The van der Waals surface area contributed by atoms with E-state index in [-0.39, 0.29) is 17.9 Å². The fourth-order valence-electron chi connectivity index (χ4n) is 3.53. The van der Waals surface area contributed by atoms with Crippen LogP contribution < -0.4 is 5.73 Å². The van der Waals surface area contributed by atoms with Crippen LogP contribution >= 0.6 is 0 Å². The van der Waals surface area contributed by atoms with Gasteiger partial charge < -0.3 is 20.5 Å². The number of nitrogens with two attached hydrogens (primary N) is 1. The zero-order chi connectivity index (χ0) is 21.7. The number of hydrogen-bond acceptors (Lipinski definition) is 4. The number of carboxylic acid groups (broad SMARTS) is 1. The lowest BCUT2D eigenvalue weighted by molar-refractivity contribution is 0.0697. The molecular formula is C23H25N3O4. The van der Waals surface area contributed by atoms with Crippen molar-refractivity contribution < 1.29 is 19.8 Å². The lowest BCUT2D eigenvalue weighted by atomic mass is 9.98. The summed E-state index contributed by atoms with van der Waals surface area (Å²) in [6.07, 6.45) is 2.57. The molecule has 0 aliphatic carbocycles. The lowest BCUT2D eigenvalue weighted by Gasteiger charge is -2.12. The van der Waals surface area contributed by atoms with Crippen LogP contribution in [-0.4, -0.2) is 31.6 Å². The normalized spacial score (nSPS) is 10.9. The minimum atomic E-state index is -0.976. The first kappa shape index (κ1) is 21.3. The first-order valence-electron chi connectivity index (χ1n) is 9.86. The molecular weight excluding hydrogens is 382 g/mol. The summed E-state index contributed by atoms with van der Waals surface area (Å²) in [6.45, 7) is 2.10. The SMILES string of the molecule is CCCCc1nc(CO)c(C(N)=O)n1Cc1ccc(-c2ccccc2C(=O)O)cc1. The van der Waals surface area contributed by atoms with Crippen molar-refractivity contribution in [2.75, 3.05) is 0 Å². The molecule has 0 saturated carbocycles. The monoisotopic (exact) mass is 407 g/mol. The average molecular weight is 407 g/mol. The highest BCUT2D eigenvalue weighted by Crippen LogP contribution is 2.25. The van der Waals surface area contributed by atoms with Crippen molar-refractivity contribution in [3.05, 3.63) is 76.9 Å². The topological polar surface area (TPSA) is 118 Å². The van der Waals surface area contributed by atoms with E-state index in [1.807, 2.05) is 24.3 Å². The number of hydrogen-bond donors (Lipinski definition) is 3. The molecule has 0 bridgehead atoms. The van der Waals surface area contributed by atoms with E-state index >= 15 is 0 Å². The number of benzene rings is 2. The fourth-order valence-corrected chi connectivity index (χ4v) is 3.53. The molecule has 0 unspecified atom stereocenters. The summed E-state index contributed by atoms with van der Waals surface area (Å²) in [5, 5.41) is 19.0. The van der Waals surface area contributed by atoms with Gasteiger partial charge in [0.05, 0.1) is 17.9 Å². The third-order valence-electron chi connectivity index (χ3n) is 5.02. The van der Waals surface area contributed by atoms with Crippen molar-refractivity contribution in [1.29, 1.82) is 0 Å². The van der Waals surface area contributed by atoms with Crippen molar-refractivity contribution in [2.24, 2.45) is 5.73 Å². The Balaban J connectivity index is 1.95. The molecule has 1 aromatic heterocycles. The number of aromatic carboxylic acids is 1. The Kier molecular flexibility index (Phi) is 6.64. The van der Waals surface area contributed by atoms with E-state index in [2.05, 4.69) is 11.9 Å². The number of rotatable bonds is 9. The number of imidazole rings is 1. The Bertz CT molecular complexity index is 1050. The number of aryl methyl sites for hydroxylation is 1. The number of unbranched alkanes of at least 4 members (excludes halogenated alkanes) is 1. The first-order chi connectivity index (χ1) is 14.5. The summed E-state index contributed by atoms with van der Waals surface area (Å²) in [6, 6.07) is 14.3. The quantitative estimate of drug-likeness (QED) is 0.503. The third kappa shape index (κ3) is 4.41. The number of carbonyl (C=O) groups is 2. The highest BCUT2D eigenvalue weighted by molar-refractivity contribution is 5.96. The molecule has 4 N–H and O–H groups in total. The van der Waals surface area contributed by atoms with Crippen molar-refractivity contribution in [2.45, 2.75) is 39.3 Å². The van der Waals surface area contributed by atoms with Crippen LogP contribution in [0.5, 0.6) is 0 Å². The van der Waals surface area contributed by atoms with Crippen LogP contribution in [0.1, 0.15) is 57.7 Å². The van der Waals surface area contributed by atoms with Gasteiger partial charge in [-0.2, -0.15) is 0 Å². The molecule has 7 nitrogen and oxygen atoms in total. The molecule has 7 heteroatoms. The van der Waals surface area contributed by atoms with Crippen molar-refractivity contribution in [3.63, 3.8) is 0 Å². The van der Waals surface area contributed by atoms with Crippen LogP contribution in [0.25, 0.3) is 11.1 Å². The fraction of sp³-hybridized carbons (Fsp3) is 0.261. The Labute approximate surface area is 174 Å². The Morgan fingerprint density at radius 1 is 1.10 bits per heavy atom. The van der Waals surface area contributed by atoms with Gasteiger partial charge in [-0.25, -0.2) is 9.78 Å². The molecule has 1 amide bonds. The molecule has 3 aromatic rings. The molecule has 0 fully saturated rings. The largest absolute Gasteiger partial charge is 0.478 e. The zero-order valence-corrected chi connectivity index (χ0v) is 16.8. The van der Waals surface area contributed by atoms with E-state index in [9.17, 15) is 19.8 Å². The van der Waals surface area contributed by atoms with Crippen LogP contribution in [0.4, 0.5) is 0 Å². The van der Waals surface area contributed by atoms with Gasteiger partial charge >= 0.3 is 5.97 Å². The van der Waals surface area contributed by atoms with Crippen LogP contribution in [0.3, 0.4) is 0 Å². The molecule has 2 aromatic carbocycles. The smallest absolute Gasteiger partial charge is 0.336 e. The molecule has 0 aliphatic heterocycles. The molecule has 0 aliphatic rings. The number of aliphatic hydroxyl groups excluding tert-OH is 1. The Morgan fingerprint density at radius 3 is 2.40 bits per heavy atom. The number of primary amides is 1. The third-order valence-corrected chi connectivity index (χ3v) is 5.02. The number of carboxylic acids is 1. The second-order valence-corrected chi connectivity index (χ2v) is 7.08. The number of aliphatic hydroxyl groups is 1. The maximum Gasteiger partial charge on any atom is 0.336 e. The van der Waals surface area contributed by atoms with Gasteiger partial charge in [0.2, 0.25) is 0 Å². The van der Waals surface area contributed by atoms with Crippen LogP contribution in [0.15, 0.2) is 48.5 Å². The summed E-state index contributed by atoms with van der Waals surface area (Å²) in [5.41, 5.74) is 8.67. The molecule has 30 heavy (non-hydrogen) atoms. The van der Waals surface area contributed by atoms with E-state index in [0.29, 0.717) is 24.2 Å². The van der Waals surface area contributed by atoms with E-state index in [1.54, 1.807) is 28.8 Å². The van der Waals surface area contributed by atoms with Crippen molar-refractivity contribution >= 4 is 11.9 Å². The van der Waals surface area contributed by atoms with E-state index in [1.165, 1.54) is 0 Å². The molecule has 0 saturated heterocycles. The van der Waals surface area contributed by atoms with Gasteiger partial charge in [-0.05, 0) is 29.2 Å². The Morgan fingerprint density at radius 2 is 1.80 bits per heavy atom. The van der Waals surface area contributed by atoms with Crippen molar-refractivity contribution in [3.8, 4) is 11.1 Å². The average Bonchev–Trinajstić information content (AvgIpc) is 3.10. The second-order valence-electron chi connectivity index (χ2n) is 7.08. The standard InChI is InChI=1S/C23H25N3O4/c1-2-3-8-20-25-19(14-27)21(22(24)28)26(20)13-15-9-11-16(12-10-15)17-6-4-5-7-18(17)23(29)30/h4-7,9-12,27H,2-3,8,13-14H2,1H3,(H2,24,28)(H,29,30). The van der Waals surface area contributed by atoms with E-state index in [4.69, 9.17) is 5.73 Å².